The van der Waals surface area contributed by atoms with Crippen molar-refractivity contribution in [2.24, 2.45) is 0 Å². The van der Waals surface area contributed by atoms with Gasteiger partial charge in [-0.25, -0.2) is 15.0 Å². The summed E-state index contributed by atoms with van der Waals surface area (Å²) in [5.74, 6) is 0.0879. The molecule has 0 saturated heterocycles. The van der Waals surface area contributed by atoms with Gasteiger partial charge in [0.2, 0.25) is 11.9 Å². The van der Waals surface area contributed by atoms with E-state index in [2.05, 4.69) is 30.7 Å². The minimum atomic E-state index is -4.52. The van der Waals surface area contributed by atoms with Crippen LogP contribution in [0.3, 0.4) is 0 Å². The molecule has 2 N–H and O–H groups in total. The van der Waals surface area contributed by atoms with Crippen molar-refractivity contribution in [2.75, 3.05) is 10.6 Å². The molecule has 0 atom stereocenters. The van der Waals surface area contributed by atoms with Crippen LogP contribution in [-0.4, -0.2) is 30.6 Å². The summed E-state index contributed by atoms with van der Waals surface area (Å²) in [6, 6.07) is 9.28. The topological polar surface area (TPSA) is 97.6 Å². The number of carbonyl (C=O) groups excluding carboxylic acids is 1. The lowest BCUT2D eigenvalue weighted by Crippen LogP contribution is -2.15. The van der Waals surface area contributed by atoms with Gasteiger partial charge in [-0.05, 0) is 30.2 Å². The number of benzene rings is 1. The lowest BCUT2D eigenvalue weighted by atomic mass is 10.1. The Bertz CT molecular complexity index is 1250. The summed E-state index contributed by atoms with van der Waals surface area (Å²) in [7, 11) is 0. The van der Waals surface area contributed by atoms with Gasteiger partial charge >= 0.3 is 6.18 Å². The van der Waals surface area contributed by atoms with Crippen LogP contribution in [0.4, 0.5) is 30.5 Å². The molecule has 0 aliphatic rings. The highest BCUT2D eigenvalue weighted by atomic mass is 19.4. The second-order valence-corrected chi connectivity index (χ2v) is 7.36. The van der Waals surface area contributed by atoms with E-state index < -0.39 is 11.9 Å². The van der Waals surface area contributed by atoms with E-state index >= 15 is 0 Å². The molecular weight excluding hydrogens is 447 g/mol. The summed E-state index contributed by atoms with van der Waals surface area (Å²) in [6.07, 6.45) is 3.47. The first-order chi connectivity index (χ1) is 16.3. The molecule has 4 aromatic rings. The normalized spacial score (nSPS) is 11.3. The van der Waals surface area contributed by atoms with Crippen LogP contribution >= 0.6 is 0 Å². The summed E-state index contributed by atoms with van der Waals surface area (Å²) in [4.78, 5) is 24.2. The van der Waals surface area contributed by atoms with Crippen molar-refractivity contribution in [3.8, 4) is 11.1 Å². The Kier molecular flexibility index (Phi) is 6.53. The van der Waals surface area contributed by atoms with Gasteiger partial charge in [0.05, 0.1) is 30.2 Å². The lowest BCUT2D eigenvalue weighted by molar-refractivity contribution is -0.141. The van der Waals surface area contributed by atoms with Crippen molar-refractivity contribution in [3.63, 3.8) is 0 Å². The summed E-state index contributed by atoms with van der Waals surface area (Å²) in [6.45, 7) is 2.77. The second kappa shape index (κ2) is 9.69. The van der Waals surface area contributed by atoms with E-state index in [1.807, 2.05) is 25.3 Å². The van der Waals surface area contributed by atoms with Gasteiger partial charge in [0.15, 0.2) is 0 Å². The fourth-order valence-corrected chi connectivity index (χ4v) is 3.11. The minimum absolute atomic E-state index is 0.0616. The van der Waals surface area contributed by atoms with E-state index in [0.717, 1.165) is 41.2 Å². The van der Waals surface area contributed by atoms with Crippen LogP contribution in [0.15, 0.2) is 67.4 Å². The highest BCUT2D eigenvalue weighted by Crippen LogP contribution is 2.28. The first kappa shape index (κ1) is 22.9. The third kappa shape index (κ3) is 5.74. The second-order valence-electron chi connectivity index (χ2n) is 7.36. The largest absolute Gasteiger partial charge is 0.433 e. The molecule has 4 rings (SSSR count). The number of amides is 1. The van der Waals surface area contributed by atoms with Crippen LogP contribution in [0.1, 0.15) is 18.2 Å². The minimum Gasteiger partial charge on any atom is -0.324 e. The van der Waals surface area contributed by atoms with Crippen LogP contribution in [0.2, 0.25) is 0 Å². The Labute approximate surface area is 192 Å². The number of hydrogen-bond acceptors (Lipinski definition) is 6. The fourth-order valence-electron chi connectivity index (χ4n) is 3.11. The molecule has 3 aromatic heterocycles. The van der Waals surface area contributed by atoms with Crippen LogP contribution in [0.5, 0.6) is 0 Å². The molecule has 0 unspecified atom stereocenters. The molecule has 0 bridgehead atoms. The van der Waals surface area contributed by atoms with Crippen LogP contribution in [0, 0.1) is 0 Å². The van der Waals surface area contributed by atoms with Crippen LogP contribution in [-0.2, 0) is 23.9 Å². The predicted molar refractivity (Wildman–Crippen MR) is 120 cm³/mol. The molecule has 8 nitrogen and oxygen atoms in total. The van der Waals surface area contributed by atoms with Gasteiger partial charge in [-0.1, -0.05) is 24.3 Å². The molecule has 174 valence electrons. The van der Waals surface area contributed by atoms with Crippen molar-refractivity contribution in [1.29, 1.82) is 0 Å². The van der Waals surface area contributed by atoms with Gasteiger partial charge in [-0.2, -0.15) is 18.3 Å². The number of halogens is 3. The Morgan fingerprint density at radius 1 is 0.912 bits per heavy atom. The average Bonchev–Trinajstić information content (AvgIpc) is 3.27. The molecule has 1 amide bonds. The van der Waals surface area contributed by atoms with Crippen LogP contribution in [0.25, 0.3) is 11.1 Å². The average molecular weight is 467 g/mol. The molecule has 0 saturated carbocycles. The van der Waals surface area contributed by atoms with Crippen molar-refractivity contribution >= 4 is 23.2 Å². The number of alkyl halides is 3. The van der Waals surface area contributed by atoms with Gasteiger partial charge in [0.1, 0.15) is 5.69 Å². The highest BCUT2D eigenvalue weighted by Gasteiger charge is 2.32. The van der Waals surface area contributed by atoms with Crippen molar-refractivity contribution in [3.05, 3.63) is 78.6 Å². The first-order valence-corrected chi connectivity index (χ1v) is 10.3. The van der Waals surface area contributed by atoms with E-state index in [4.69, 9.17) is 0 Å². The third-order valence-electron chi connectivity index (χ3n) is 4.85. The fraction of sp³-hybridized carbons (Fsp3) is 0.174. The highest BCUT2D eigenvalue weighted by molar-refractivity contribution is 5.92. The van der Waals surface area contributed by atoms with Crippen LogP contribution < -0.4 is 10.6 Å². The van der Waals surface area contributed by atoms with E-state index in [9.17, 15) is 18.0 Å². The molecule has 0 aliphatic heterocycles. The van der Waals surface area contributed by atoms with E-state index in [1.54, 1.807) is 35.4 Å². The van der Waals surface area contributed by atoms with Crippen molar-refractivity contribution in [2.45, 2.75) is 26.1 Å². The van der Waals surface area contributed by atoms with Gasteiger partial charge in [-0.3, -0.25) is 9.48 Å². The maximum absolute atomic E-state index is 12.6. The number of anilines is 3. The van der Waals surface area contributed by atoms with Gasteiger partial charge in [0.25, 0.3) is 0 Å². The molecule has 3 heterocycles. The summed E-state index contributed by atoms with van der Waals surface area (Å²) in [5.41, 5.74) is 2.41. The number of aromatic nitrogens is 5. The van der Waals surface area contributed by atoms with Gasteiger partial charge in [-0.15, -0.1) is 0 Å². The van der Waals surface area contributed by atoms with E-state index in [0.29, 0.717) is 5.95 Å². The number of aryl methyl sites for hydroxylation is 1. The Morgan fingerprint density at radius 2 is 1.65 bits per heavy atom. The number of carbonyl (C=O) groups is 1. The number of rotatable bonds is 7. The maximum Gasteiger partial charge on any atom is 0.433 e. The zero-order chi connectivity index (χ0) is 24.1. The number of nitrogens with one attached hydrogen (secondary N) is 2. The molecule has 1 aromatic carbocycles. The van der Waals surface area contributed by atoms with Gasteiger partial charge < -0.3 is 10.6 Å². The van der Waals surface area contributed by atoms with E-state index in [1.165, 1.54) is 6.07 Å². The summed E-state index contributed by atoms with van der Waals surface area (Å²) in [5, 5.41) is 9.82. The Morgan fingerprint density at radius 3 is 2.24 bits per heavy atom. The molecule has 0 spiro atoms. The quantitative estimate of drug-likeness (QED) is 0.409. The molecule has 11 heteroatoms. The lowest BCUT2D eigenvalue weighted by Gasteiger charge is -2.08. The Balaban J connectivity index is 1.34. The predicted octanol–water partition coefficient (Wildman–Crippen LogP) is 4.70. The zero-order valence-electron chi connectivity index (χ0n) is 18.0. The first-order valence-electron chi connectivity index (χ1n) is 10.3. The van der Waals surface area contributed by atoms with Gasteiger partial charge in [0, 0.05) is 30.7 Å². The van der Waals surface area contributed by atoms with E-state index in [-0.39, 0.29) is 18.0 Å². The third-order valence-corrected chi connectivity index (χ3v) is 4.85. The van der Waals surface area contributed by atoms with Crippen molar-refractivity contribution in [1.82, 2.24) is 24.7 Å². The number of hydrogen-bond donors (Lipinski definition) is 2. The smallest absolute Gasteiger partial charge is 0.324 e. The number of pyridine rings is 1. The molecular formula is C23H20F3N7O. The summed E-state index contributed by atoms with van der Waals surface area (Å²) < 4.78 is 39.5. The van der Waals surface area contributed by atoms with Crippen molar-refractivity contribution < 1.29 is 18.0 Å². The molecule has 0 fully saturated rings. The maximum atomic E-state index is 12.6. The monoisotopic (exact) mass is 467 g/mol. The summed E-state index contributed by atoms with van der Waals surface area (Å²) >= 11 is 0. The number of nitrogens with zero attached hydrogens (tertiary/aromatic N) is 5. The molecule has 0 aliphatic carbocycles. The standard InChI is InChI=1S/C23H20F3N7O/c1-2-33-14-19(13-30-33)32-22-28-10-17(11-29-22)16-5-3-15(4-6-16)9-21(34)31-18-7-8-20(27-12-18)23(24,25)26/h3-8,10-14H,2,9H2,1H3,(H,31,34)(H,28,29,32). The molecule has 0 radical (unpaired) electrons. The SMILES string of the molecule is CCn1cc(Nc2ncc(-c3ccc(CC(=O)Nc4ccc(C(F)(F)F)nc4)cc3)cn2)cn1. The zero-order valence-corrected chi connectivity index (χ0v) is 18.0. The Hall–Kier alpha value is -4.28. The molecule has 34 heavy (non-hydrogen) atoms.